The Hall–Kier alpha value is -1.21. The molecule has 4 N–H and O–H groups in total. The van der Waals surface area contributed by atoms with Crippen molar-refractivity contribution in [3.63, 3.8) is 0 Å². The van der Waals surface area contributed by atoms with Crippen LogP contribution in [0.5, 0.6) is 0 Å². The first-order valence-corrected chi connectivity index (χ1v) is 6.64. The highest BCUT2D eigenvalue weighted by atomic mass is 31.1. The lowest BCUT2D eigenvalue weighted by molar-refractivity contribution is 0.976. The summed E-state index contributed by atoms with van der Waals surface area (Å²) in [5.41, 5.74) is 9.81. The summed E-state index contributed by atoms with van der Waals surface area (Å²) in [5, 5.41) is 2.79. The van der Waals surface area contributed by atoms with E-state index in [4.69, 9.17) is 11.5 Å². The van der Waals surface area contributed by atoms with Gasteiger partial charge in [-0.1, -0.05) is 69.2 Å². The van der Waals surface area contributed by atoms with Gasteiger partial charge in [-0.05, 0) is 10.6 Å². The first-order valence-electron chi connectivity index (χ1n) is 5.64. The molecule has 0 aliphatic carbocycles. The molecule has 0 fully saturated rings. The molecule has 0 amide bonds. The van der Waals surface area contributed by atoms with Crippen LogP contribution in [-0.2, 0) is 0 Å². The Morgan fingerprint density at radius 1 is 0.647 bits per heavy atom. The summed E-state index contributed by atoms with van der Waals surface area (Å²) in [5.74, 6) is 0. The molecule has 17 heavy (non-hydrogen) atoms. The van der Waals surface area contributed by atoms with Crippen LogP contribution in [-0.4, -0.2) is 13.1 Å². The van der Waals surface area contributed by atoms with Crippen molar-refractivity contribution in [2.24, 2.45) is 11.5 Å². The van der Waals surface area contributed by atoms with Gasteiger partial charge in [0, 0.05) is 13.1 Å². The van der Waals surface area contributed by atoms with Crippen molar-refractivity contribution in [3.05, 3.63) is 60.7 Å². The molecule has 0 saturated carbocycles. The lowest BCUT2D eigenvalue weighted by Gasteiger charge is -2.00. The van der Waals surface area contributed by atoms with E-state index in [1.807, 2.05) is 0 Å². The van der Waals surface area contributed by atoms with Crippen molar-refractivity contribution in [2.45, 2.75) is 0 Å². The second kappa shape index (κ2) is 8.89. The van der Waals surface area contributed by atoms with Gasteiger partial charge in [0.15, 0.2) is 0 Å². The molecule has 0 atom stereocenters. The van der Waals surface area contributed by atoms with Gasteiger partial charge >= 0.3 is 0 Å². The average Bonchev–Trinajstić information content (AvgIpc) is 2.41. The SMILES string of the molecule is NCCN.c1ccc(Pc2ccccc2)cc1. The Balaban J connectivity index is 0.000000317. The zero-order valence-corrected chi connectivity index (χ0v) is 10.8. The van der Waals surface area contributed by atoms with Crippen LogP contribution in [0.3, 0.4) is 0 Å². The predicted octanol–water partition coefficient (Wildman–Crippen LogP) is 1.22. The van der Waals surface area contributed by atoms with Crippen LogP contribution in [0, 0.1) is 0 Å². The maximum absolute atomic E-state index is 4.90. The molecule has 2 rings (SSSR count). The van der Waals surface area contributed by atoms with E-state index >= 15 is 0 Å². The van der Waals surface area contributed by atoms with E-state index in [1.54, 1.807) is 0 Å². The van der Waals surface area contributed by atoms with Gasteiger partial charge in [-0.2, -0.15) is 0 Å². The van der Waals surface area contributed by atoms with Gasteiger partial charge in [-0.3, -0.25) is 0 Å². The molecule has 0 aromatic heterocycles. The van der Waals surface area contributed by atoms with Crippen LogP contribution >= 0.6 is 8.58 Å². The highest BCUT2D eigenvalue weighted by Gasteiger charge is 1.92. The van der Waals surface area contributed by atoms with E-state index in [0.717, 1.165) is 8.58 Å². The molecule has 0 spiro atoms. The monoisotopic (exact) mass is 246 g/mol. The molecule has 0 saturated heterocycles. The summed E-state index contributed by atoms with van der Waals surface area (Å²) in [6.45, 7) is 1.19. The summed E-state index contributed by atoms with van der Waals surface area (Å²) in [6.07, 6.45) is 0. The maximum Gasteiger partial charge on any atom is 0.00461 e. The fourth-order valence-corrected chi connectivity index (χ4v) is 2.26. The third-order valence-electron chi connectivity index (χ3n) is 2.00. The van der Waals surface area contributed by atoms with Crippen molar-refractivity contribution in [2.75, 3.05) is 13.1 Å². The van der Waals surface area contributed by atoms with Crippen molar-refractivity contribution < 1.29 is 0 Å². The molecular formula is C14H19N2P. The summed E-state index contributed by atoms with van der Waals surface area (Å²) in [4.78, 5) is 0. The van der Waals surface area contributed by atoms with Crippen LogP contribution < -0.4 is 22.1 Å². The quantitative estimate of drug-likeness (QED) is 0.800. The first kappa shape index (κ1) is 13.9. The molecule has 90 valence electrons. The van der Waals surface area contributed by atoms with Crippen molar-refractivity contribution >= 4 is 19.2 Å². The highest BCUT2D eigenvalue weighted by molar-refractivity contribution is 7.55. The summed E-state index contributed by atoms with van der Waals surface area (Å²) in [6, 6.07) is 21.2. The highest BCUT2D eigenvalue weighted by Crippen LogP contribution is 2.08. The third-order valence-corrected chi connectivity index (χ3v) is 3.25. The second-order valence-electron chi connectivity index (χ2n) is 3.43. The number of hydrogen-bond donors (Lipinski definition) is 2. The minimum atomic E-state index is 0.597. The Bertz CT molecular complexity index is 350. The van der Waals surface area contributed by atoms with Crippen LogP contribution in [0.2, 0.25) is 0 Å². The summed E-state index contributed by atoms with van der Waals surface area (Å²) in [7, 11) is 0.777. The van der Waals surface area contributed by atoms with Gasteiger partial charge in [-0.25, -0.2) is 0 Å². The molecule has 0 radical (unpaired) electrons. The van der Waals surface area contributed by atoms with E-state index in [1.165, 1.54) is 10.6 Å². The van der Waals surface area contributed by atoms with Gasteiger partial charge in [0.1, 0.15) is 0 Å². The van der Waals surface area contributed by atoms with E-state index in [9.17, 15) is 0 Å². The number of rotatable bonds is 3. The van der Waals surface area contributed by atoms with Crippen LogP contribution in [0.4, 0.5) is 0 Å². The number of nitrogens with two attached hydrogens (primary N) is 2. The van der Waals surface area contributed by atoms with E-state index in [-0.39, 0.29) is 0 Å². The number of benzene rings is 2. The minimum Gasteiger partial charge on any atom is -0.329 e. The van der Waals surface area contributed by atoms with E-state index < -0.39 is 0 Å². The molecule has 0 aliphatic heterocycles. The normalized spacial score (nSPS) is 9.29. The van der Waals surface area contributed by atoms with E-state index in [2.05, 4.69) is 60.7 Å². The fourth-order valence-electron chi connectivity index (χ4n) is 1.21. The standard InChI is InChI=1S/C12H11P.C2H8N2/c1-3-7-11(8-4-1)13-12-9-5-2-6-10-12;3-1-2-4/h1-10,13H;1-4H2. The number of hydrogen-bond acceptors (Lipinski definition) is 2. The van der Waals surface area contributed by atoms with Crippen LogP contribution in [0.1, 0.15) is 0 Å². The van der Waals surface area contributed by atoms with Crippen LogP contribution in [0.25, 0.3) is 0 Å². The molecular weight excluding hydrogens is 227 g/mol. The fraction of sp³-hybridized carbons (Fsp3) is 0.143. The molecule has 0 aliphatic rings. The van der Waals surface area contributed by atoms with Crippen molar-refractivity contribution in [1.82, 2.24) is 0 Å². The second-order valence-corrected chi connectivity index (χ2v) is 4.84. The van der Waals surface area contributed by atoms with Gasteiger partial charge in [-0.15, -0.1) is 0 Å². The predicted molar refractivity (Wildman–Crippen MR) is 78.6 cm³/mol. The molecule has 2 aromatic carbocycles. The Labute approximate surface area is 105 Å². The topological polar surface area (TPSA) is 52.0 Å². The molecule has 2 aromatic rings. The zero-order valence-electron chi connectivity index (χ0n) is 9.84. The van der Waals surface area contributed by atoms with Crippen molar-refractivity contribution in [3.8, 4) is 0 Å². The van der Waals surface area contributed by atoms with Crippen molar-refractivity contribution in [1.29, 1.82) is 0 Å². The Kier molecular flexibility index (Phi) is 7.24. The van der Waals surface area contributed by atoms with E-state index in [0.29, 0.717) is 13.1 Å². The lowest BCUT2D eigenvalue weighted by Crippen LogP contribution is -2.11. The van der Waals surface area contributed by atoms with Gasteiger partial charge in [0.05, 0.1) is 0 Å². The molecule has 0 unspecified atom stereocenters. The molecule has 2 nitrogen and oxygen atoms in total. The molecule has 0 bridgehead atoms. The van der Waals surface area contributed by atoms with Gasteiger partial charge < -0.3 is 11.5 Å². The Morgan fingerprint density at radius 3 is 1.29 bits per heavy atom. The van der Waals surface area contributed by atoms with Gasteiger partial charge in [0.25, 0.3) is 0 Å². The summed E-state index contributed by atoms with van der Waals surface area (Å²) < 4.78 is 0. The largest absolute Gasteiger partial charge is 0.329 e. The zero-order chi connectivity index (χ0) is 12.3. The summed E-state index contributed by atoms with van der Waals surface area (Å²) >= 11 is 0. The smallest absolute Gasteiger partial charge is 0.00461 e. The Morgan fingerprint density at radius 2 is 1.00 bits per heavy atom. The third kappa shape index (κ3) is 6.18. The minimum absolute atomic E-state index is 0.597. The molecule has 3 heteroatoms. The van der Waals surface area contributed by atoms with Gasteiger partial charge in [0.2, 0.25) is 0 Å². The maximum atomic E-state index is 4.90. The lowest BCUT2D eigenvalue weighted by atomic mass is 10.4. The first-order chi connectivity index (χ1) is 8.36. The average molecular weight is 246 g/mol. The molecule has 0 heterocycles. The van der Waals surface area contributed by atoms with Crippen LogP contribution in [0.15, 0.2) is 60.7 Å².